The molecule has 0 radical (unpaired) electrons. The van der Waals surface area contributed by atoms with Crippen LogP contribution in [-0.4, -0.2) is 10.9 Å². The first-order chi connectivity index (χ1) is 8.95. The Kier molecular flexibility index (Phi) is 3.85. The number of hydrogen-bond acceptors (Lipinski definition) is 3. The van der Waals surface area contributed by atoms with Crippen molar-refractivity contribution in [3.8, 4) is 0 Å². The average molecular weight is 320 g/mol. The Balaban J connectivity index is 2.22. The van der Waals surface area contributed by atoms with Crippen molar-refractivity contribution in [3.05, 3.63) is 51.6 Å². The number of nitrogen functional groups attached to an aromatic ring is 1. The topological polar surface area (TPSA) is 68.0 Å². The maximum absolute atomic E-state index is 12.1. The van der Waals surface area contributed by atoms with E-state index in [0.29, 0.717) is 11.4 Å². The van der Waals surface area contributed by atoms with E-state index < -0.39 is 0 Å². The van der Waals surface area contributed by atoms with Crippen LogP contribution in [0.15, 0.2) is 34.8 Å². The van der Waals surface area contributed by atoms with Crippen LogP contribution in [0.5, 0.6) is 0 Å². The number of amides is 1. The summed E-state index contributed by atoms with van der Waals surface area (Å²) in [5.41, 5.74) is 8.70. The van der Waals surface area contributed by atoms with Crippen LogP contribution >= 0.6 is 15.9 Å². The molecule has 0 unspecified atom stereocenters. The lowest BCUT2D eigenvalue weighted by atomic mass is 10.2. The normalized spacial score (nSPS) is 10.3. The second-order valence-corrected chi connectivity index (χ2v) is 5.19. The molecule has 4 nitrogen and oxygen atoms in total. The van der Waals surface area contributed by atoms with E-state index in [1.54, 1.807) is 19.1 Å². The molecule has 0 aliphatic carbocycles. The summed E-state index contributed by atoms with van der Waals surface area (Å²) in [7, 11) is 0. The monoisotopic (exact) mass is 319 g/mol. The number of aromatic nitrogens is 1. The summed E-state index contributed by atoms with van der Waals surface area (Å²) < 4.78 is 0.954. The molecule has 1 aromatic heterocycles. The number of halogens is 1. The zero-order chi connectivity index (χ0) is 14.0. The van der Waals surface area contributed by atoms with Crippen molar-refractivity contribution in [2.24, 2.45) is 0 Å². The molecule has 0 bridgehead atoms. The number of nitrogens with zero attached hydrogens (tertiary/aromatic N) is 1. The molecule has 3 N–H and O–H groups in total. The van der Waals surface area contributed by atoms with Gasteiger partial charge in [0.25, 0.3) is 5.91 Å². The van der Waals surface area contributed by atoms with E-state index in [4.69, 9.17) is 5.73 Å². The lowest BCUT2D eigenvalue weighted by Crippen LogP contribution is -2.13. The predicted molar refractivity (Wildman–Crippen MR) is 80.2 cm³/mol. The van der Waals surface area contributed by atoms with Crippen LogP contribution in [0.4, 0.5) is 11.5 Å². The van der Waals surface area contributed by atoms with Gasteiger partial charge in [-0.3, -0.25) is 4.79 Å². The number of rotatable bonds is 2. The van der Waals surface area contributed by atoms with E-state index in [9.17, 15) is 4.79 Å². The largest absolute Gasteiger partial charge is 0.384 e. The Labute approximate surface area is 120 Å². The highest BCUT2D eigenvalue weighted by Gasteiger charge is 2.08. The van der Waals surface area contributed by atoms with E-state index in [1.165, 1.54) is 0 Å². The maximum atomic E-state index is 12.1. The third-order valence-corrected chi connectivity index (χ3v) is 3.52. The van der Waals surface area contributed by atoms with Crippen molar-refractivity contribution >= 4 is 33.3 Å². The first-order valence-corrected chi connectivity index (χ1v) is 6.56. The number of aryl methyl sites for hydroxylation is 2. The Bertz CT molecular complexity index is 620. The summed E-state index contributed by atoms with van der Waals surface area (Å²) in [6.07, 6.45) is 0. The molecule has 1 amide bonds. The van der Waals surface area contributed by atoms with Gasteiger partial charge in [-0.05, 0) is 43.7 Å². The minimum Gasteiger partial charge on any atom is -0.384 e. The molecular formula is C14H14BrN3O. The number of pyridine rings is 1. The number of hydrogen-bond donors (Lipinski definition) is 2. The smallest absolute Gasteiger partial charge is 0.255 e. The predicted octanol–water partition coefficient (Wildman–Crippen LogP) is 3.30. The quantitative estimate of drug-likeness (QED) is 0.892. The highest BCUT2D eigenvalue weighted by molar-refractivity contribution is 9.10. The number of nitrogens with one attached hydrogen (secondary N) is 1. The van der Waals surface area contributed by atoms with Crippen molar-refractivity contribution in [2.45, 2.75) is 13.8 Å². The molecule has 0 aliphatic rings. The molecule has 1 heterocycles. The molecule has 0 spiro atoms. The van der Waals surface area contributed by atoms with Crippen molar-refractivity contribution in [3.63, 3.8) is 0 Å². The molecular weight excluding hydrogens is 306 g/mol. The van der Waals surface area contributed by atoms with E-state index in [1.807, 2.05) is 25.1 Å². The van der Waals surface area contributed by atoms with Crippen LogP contribution in [0, 0.1) is 13.8 Å². The zero-order valence-corrected chi connectivity index (χ0v) is 12.3. The molecule has 0 saturated carbocycles. The Morgan fingerprint density at radius 1 is 1.26 bits per heavy atom. The molecule has 2 rings (SSSR count). The lowest BCUT2D eigenvalue weighted by Gasteiger charge is -2.08. The Morgan fingerprint density at radius 2 is 2.00 bits per heavy atom. The molecule has 1 aromatic carbocycles. The molecule has 0 aliphatic heterocycles. The number of carbonyl (C=O) groups is 1. The van der Waals surface area contributed by atoms with Gasteiger partial charge in [-0.2, -0.15) is 0 Å². The summed E-state index contributed by atoms with van der Waals surface area (Å²) in [6.45, 7) is 3.79. The summed E-state index contributed by atoms with van der Waals surface area (Å²) in [5, 5.41) is 2.83. The van der Waals surface area contributed by atoms with Crippen molar-refractivity contribution in [2.75, 3.05) is 11.1 Å². The van der Waals surface area contributed by atoms with E-state index in [0.717, 1.165) is 21.4 Å². The third-order valence-electron chi connectivity index (χ3n) is 2.67. The Morgan fingerprint density at radius 3 is 2.63 bits per heavy atom. The summed E-state index contributed by atoms with van der Waals surface area (Å²) in [4.78, 5) is 16.1. The first-order valence-electron chi connectivity index (χ1n) is 5.77. The summed E-state index contributed by atoms with van der Waals surface area (Å²) in [5.74, 6) is 0.142. The highest BCUT2D eigenvalue weighted by Crippen LogP contribution is 2.21. The van der Waals surface area contributed by atoms with Gasteiger partial charge in [-0.1, -0.05) is 22.0 Å². The molecule has 98 valence electrons. The number of anilines is 2. The number of benzene rings is 1. The van der Waals surface area contributed by atoms with Gasteiger partial charge in [0, 0.05) is 21.4 Å². The van der Waals surface area contributed by atoms with Crippen molar-refractivity contribution in [1.29, 1.82) is 0 Å². The van der Waals surface area contributed by atoms with Gasteiger partial charge < -0.3 is 11.1 Å². The van der Waals surface area contributed by atoms with Crippen LogP contribution in [-0.2, 0) is 0 Å². The molecule has 0 atom stereocenters. The van der Waals surface area contributed by atoms with Crippen LogP contribution in [0.1, 0.15) is 21.6 Å². The molecule has 2 aromatic rings. The molecule has 5 heteroatoms. The van der Waals surface area contributed by atoms with Crippen molar-refractivity contribution < 1.29 is 4.79 Å². The van der Waals surface area contributed by atoms with Gasteiger partial charge in [-0.15, -0.1) is 0 Å². The fraction of sp³-hybridized carbons (Fsp3) is 0.143. The molecule has 0 fully saturated rings. The number of nitrogens with two attached hydrogens (primary N) is 1. The van der Waals surface area contributed by atoms with Gasteiger partial charge >= 0.3 is 0 Å². The van der Waals surface area contributed by atoms with Crippen LogP contribution in [0.25, 0.3) is 0 Å². The van der Waals surface area contributed by atoms with E-state index >= 15 is 0 Å². The van der Waals surface area contributed by atoms with Gasteiger partial charge in [0.05, 0.1) is 0 Å². The average Bonchev–Trinajstić information content (AvgIpc) is 2.32. The SMILES string of the molecule is Cc1cc(C(=O)Nc2ccc(C)c(Br)c2)cc(N)n1. The maximum Gasteiger partial charge on any atom is 0.255 e. The number of carbonyl (C=O) groups excluding carboxylic acids is 1. The summed E-state index contributed by atoms with van der Waals surface area (Å²) >= 11 is 3.43. The minimum atomic E-state index is -0.201. The third kappa shape index (κ3) is 3.32. The lowest BCUT2D eigenvalue weighted by molar-refractivity contribution is 0.102. The first kappa shape index (κ1) is 13.5. The Hall–Kier alpha value is -1.88. The fourth-order valence-electron chi connectivity index (χ4n) is 1.70. The minimum absolute atomic E-state index is 0.201. The van der Waals surface area contributed by atoms with Gasteiger partial charge in [0.2, 0.25) is 0 Å². The zero-order valence-electron chi connectivity index (χ0n) is 10.7. The van der Waals surface area contributed by atoms with E-state index in [2.05, 4.69) is 26.2 Å². The summed E-state index contributed by atoms with van der Waals surface area (Å²) in [6, 6.07) is 8.92. The van der Waals surface area contributed by atoms with Crippen LogP contribution in [0.3, 0.4) is 0 Å². The van der Waals surface area contributed by atoms with Crippen molar-refractivity contribution in [1.82, 2.24) is 4.98 Å². The van der Waals surface area contributed by atoms with E-state index in [-0.39, 0.29) is 5.91 Å². The molecule has 0 saturated heterocycles. The second kappa shape index (κ2) is 5.40. The highest BCUT2D eigenvalue weighted by atomic mass is 79.9. The standard InChI is InChI=1S/C14H14BrN3O/c1-8-3-4-11(7-12(8)15)18-14(19)10-5-9(2)17-13(16)6-10/h3-7H,1-2H3,(H2,16,17)(H,18,19). The molecule has 19 heavy (non-hydrogen) atoms. The van der Waals surface area contributed by atoms with Crippen LogP contribution in [0.2, 0.25) is 0 Å². The van der Waals surface area contributed by atoms with Gasteiger partial charge in [0.1, 0.15) is 5.82 Å². The fourth-order valence-corrected chi connectivity index (χ4v) is 2.08. The van der Waals surface area contributed by atoms with Crippen LogP contribution < -0.4 is 11.1 Å². The second-order valence-electron chi connectivity index (χ2n) is 4.34. The van der Waals surface area contributed by atoms with Gasteiger partial charge in [0.15, 0.2) is 0 Å². The van der Waals surface area contributed by atoms with Gasteiger partial charge in [-0.25, -0.2) is 4.98 Å².